The number of aromatic carboxylic acids is 1. The van der Waals surface area contributed by atoms with Gasteiger partial charge in [0.05, 0.1) is 5.97 Å². The molecule has 0 bridgehead atoms. The van der Waals surface area contributed by atoms with Crippen LogP contribution in [0.15, 0.2) is 64.6 Å². The Morgan fingerprint density at radius 1 is 1.14 bits per heavy atom. The molecule has 0 fully saturated rings. The molecule has 144 valence electrons. The van der Waals surface area contributed by atoms with Crippen molar-refractivity contribution in [3.63, 3.8) is 0 Å². The Hall–Kier alpha value is -3.82. The lowest BCUT2D eigenvalue weighted by Crippen LogP contribution is -2.23. The van der Waals surface area contributed by atoms with Gasteiger partial charge in [-0.3, -0.25) is 4.79 Å². The smallest absolute Gasteiger partial charge is 0.266 e. The third kappa shape index (κ3) is 4.54. The fraction of sp³-hybridized carbons (Fsp3) is 0.0455. The molecule has 1 amide bonds. The fourth-order valence-electron chi connectivity index (χ4n) is 2.72. The van der Waals surface area contributed by atoms with E-state index in [1.54, 1.807) is 55.5 Å². The van der Waals surface area contributed by atoms with Crippen LogP contribution in [0.25, 0.3) is 17.4 Å². The normalized spacial score (nSPS) is 11.0. The van der Waals surface area contributed by atoms with E-state index in [0.29, 0.717) is 27.6 Å². The van der Waals surface area contributed by atoms with Gasteiger partial charge in [0.15, 0.2) is 0 Å². The highest BCUT2D eigenvalue weighted by atomic mass is 35.5. The van der Waals surface area contributed by atoms with Crippen molar-refractivity contribution in [2.45, 2.75) is 6.92 Å². The van der Waals surface area contributed by atoms with Crippen molar-refractivity contribution < 1.29 is 19.1 Å². The second kappa shape index (κ2) is 8.46. The molecule has 0 unspecified atom stereocenters. The zero-order valence-corrected chi connectivity index (χ0v) is 16.0. The first-order valence-corrected chi connectivity index (χ1v) is 8.86. The van der Waals surface area contributed by atoms with E-state index in [4.69, 9.17) is 16.0 Å². The number of carbonyl (C=O) groups excluding carboxylic acids is 2. The summed E-state index contributed by atoms with van der Waals surface area (Å²) in [5.74, 6) is -1.18. The van der Waals surface area contributed by atoms with Crippen LogP contribution in [0.4, 0.5) is 5.69 Å². The maximum Gasteiger partial charge on any atom is 0.266 e. The summed E-state index contributed by atoms with van der Waals surface area (Å²) in [5, 5.41) is 23.7. The maximum atomic E-state index is 12.3. The number of amides is 1. The second-order valence-electron chi connectivity index (χ2n) is 6.10. The predicted octanol–water partition coefficient (Wildman–Crippen LogP) is 3.82. The van der Waals surface area contributed by atoms with Crippen LogP contribution in [0.3, 0.4) is 0 Å². The molecule has 1 N–H and O–H groups in total. The lowest BCUT2D eigenvalue weighted by Gasteiger charge is -2.10. The highest BCUT2D eigenvalue weighted by molar-refractivity contribution is 6.30. The van der Waals surface area contributed by atoms with Crippen molar-refractivity contribution in [1.29, 1.82) is 5.26 Å². The Labute approximate surface area is 171 Å². The maximum absolute atomic E-state index is 12.3. The largest absolute Gasteiger partial charge is 0.545 e. The van der Waals surface area contributed by atoms with E-state index in [9.17, 15) is 20.0 Å². The van der Waals surface area contributed by atoms with E-state index in [1.807, 2.05) is 6.07 Å². The first-order chi connectivity index (χ1) is 13.9. The average Bonchev–Trinajstić information content (AvgIpc) is 3.16. The average molecular weight is 406 g/mol. The van der Waals surface area contributed by atoms with Crippen molar-refractivity contribution >= 4 is 35.2 Å². The molecule has 0 aliphatic heterocycles. The van der Waals surface area contributed by atoms with Crippen LogP contribution in [-0.2, 0) is 4.79 Å². The lowest BCUT2D eigenvalue weighted by atomic mass is 10.0. The number of hydrogen-bond acceptors (Lipinski definition) is 5. The van der Waals surface area contributed by atoms with Gasteiger partial charge in [0.25, 0.3) is 5.91 Å². The van der Waals surface area contributed by atoms with Crippen LogP contribution < -0.4 is 10.4 Å². The Morgan fingerprint density at radius 2 is 1.86 bits per heavy atom. The number of halogens is 1. The molecule has 29 heavy (non-hydrogen) atoms. The third-order valence-electron chi connectivity index (χ3n) is 4.20. The van der Waals surface area contributed by atoms with Gasteiger partial charge in [-0.05, 0) is 48.9 Å². The van der Waals surface area contributed by atoms with Crippen molar-refractivity contribution in [3.05, 3.63) is 82.1 Å². The van der Waals surface area contributed by atoms with Crippen LogP contribution in [0, 0.1) is 18.3 Å². The number of carboxylic acid groups (broad SMARTS) is 1. The van der Waals surface area contributed by atoms with Crippen molar-refractivity contribution in [2.24, 2.45) is 0 Å². The Bertz CT molecular complexity index is 1150. The van der Waals surface area contributed by atoms with Crippen LogP contribution >= 0.6 is 11.6 Å². The number of carbonyl (C=O) groups is 2. The van der Waals surface area contributed by atoms with E-state index in [2.05, 4.69) is 5.32 Å². The third-order valence-corrected chi connectivity index (χ3v) is 4.45. The summed E-state index contributed by atoms with van der Waals surface area (Å²) in [6.07, 6.45) is 1.31. The molecule has 0 saturated carbocycles. The second-order valence-corrected chi connectivity index (χ2v) is 6.53. The molecule has 0 radical (unpaired) electrons. The van der Waals surface area contributed by atoms with E-state index in [0.717, 1.165) is 0 Å². The molecule has 6 nitrogen and oxygen atoms in total. The molecule has 7 heteroatoms. The summed E-state index contributed by atoms with van der Waals surface area (Å²) in [4.78, 5) is 23.5. The summed E-state index contributed by atoms with van der Waals surface area (Å²) in [6, 6.07) is 16.3. The zero-order valence-electron chi connectivity index (χ0n) is 15.2. The minimum atomic E-state index is -1.28. The number of anilines is 1. The summed E-state index contributed by atoms with van der Waals surface area (Å²) >= 11 is 5.81. The van der Waals surface area contributed by atoms with E-state index in [1.165, 1.54) is 12.1 Å². The van der Waals surface area contributed by atoms with Gasteiger partial charge in [0.1, 0.15) is 23.2 Å². The molecule has 1 aromatic heterocycles. The number of nitrogens with one attached hydrogen (secondary N) is 1. The Kier molecular flexibility index (Phi) is 5.82. The molecule has 0 saturated heterocycles. The number of furan rings is 1. The van der Waals surface area contributed by atoms with Crippen molar-refractivity contribution in [2.75, 3.05) is 5.32 Å². The number of carboxylic acids is 1. The standard InChI is InChI=1S/C22H15ClN2O4/c1-13-18(3-2-4-19(13)22(27)28)20-10-9-17(29-20)11-14(12-24)21(26)25-16-7-5-15(23)6-8-16/h2-11H,1H3,(H,25,26)(H,27,28)/p-1/b14-11-. The van der Waals surface area contributed by atoms with Crippen LogP contribution in [0.2, 0.25) is 5.02 Å². The Morgan fingerprint density at radius 3 is 2.52 bits per heavy atom. The quantitative estimate of drug-likeness (QED) is 0.513. The number of rotatable bonds is 5. The van der Waals surface area contributed by atoms with Gasteiger partial charge in [-0.2, -0.15) is 5.26 Å². The zero-order chi connectivity index (χ0) is 21.0. The highest BCUT2D eigenvalue weighted by Gasteiger charge is 2.13. The molecule has 3 aromatic rings. The van der Waals surface area contributed by atoms with E-state index >= 15 is 0 Å². The highest BCUT2D eigenvalue weighted by Crippen LogP contribution is 2.28. The summed E-state index contributed by atoms with van der Waals surface area (Å²) < 4.78 is 5.70. The lowest BCUT2D eigenvalue weighted by molar-refractivity contribution is -0.255. The monoisotopic (exact) mass is 405 g/mol. The van der Waals surface area contributed by atoms with Crippen LogP contribution in [0.1, 0.15) is 21.7 Å². The van der Waals surface area contributed by atoms with Gasteiger partial charge < -0.3 is 19.6 Å². The minimum Gasteiger partial charge on any atom is -0.545 e. The first-order valence-electron chi connectivity index (χ1n) is 8.49. The SMILES string of the molecule is Cc1c(C(=O)[O-])cccc1-c1ccc(/C=C(/C#N)C(=O)Nc2ccc(Cl)cc2)o1. The number of hydrogen-bond donors (Lipinski definition) is 1. The molecular formula is C22H14ClN2O4-. The molecule has 1 heterocycles. The topological polar surface area (TPSA) is 106 Å². The summed E-state index contributed by atoms with van der Waals surface area (Å²) in [7, 11) is 0. The minimum absolute atomic E-state index is 0.0658. The van der Waals surface area contributed by atoms with Gasteiger partial charge in [-0.15, -0.1) is 0 Å². The number of benzene rings is 2. The molecule has 2 aromatic carbocycles. The Balaban J connectivity index is 1.85. The van der Waals surface area contributed by atoms with Gasteiger partial charge >= 0.3 is 0 Å². The van der Waals surface area contributed by atoms with Crippen molar-refractivity contribution in [3.8, 4) is 17.4 Å². The molecule has 0 atom stereocenters. The molecule has 3 rings (SSSR count). The molecule has 0 aliphatic carbocycles. The molecule has 0 aliphatic rings. The van der Waals surface area contributed by atoms with E-state index in [-0.39, 0.29) is 16.9 Å². The van der Waals surface area contributed by atoms with E-state index < -0.39 is 11.9 Å². The number of nitriles is 1. The van der Waals surface area contributed by atoms with Gasteiger partial charge in [0, 0.05) is 27.9 Å². The predicted molar refractivity (Wildman–Crippen MR) is 107 cm³/mol. The van der Waals surface area contributed by atoms with Crippen LogP contribution in [-0.4, -0.2) is 11.9 Å². The summed E-state index contributed by atoms with van der Waals surface area (Å²) in [5.41, 5.74) is 1.49. The van der Waals surface area contributed by atoms with Gasteiger partial charge in [-0.1, -0.05) is 29.8 Å². The molecule has 0 spiro atoms. The molecular weight excluding hydrogens is 392 g/mol. The fourth-order valence-corrected chi connectivity index (χ4v) is 2.85. The van der Waals surface area contributed by atoms with Gasteiger partial charge in [0.2, 0.25) is 0 Å². The number of nitrogens with zero attached hydrogens (tertiary/aromatic N) is 1. The first kappa shape index (κ1) is 19.9. The van der Waals surface area contributed by atoms with Crippen LogP contribution in [0.5, 0.6) is 0 Å². The summed E-state index contributed by atoms with van der Waals surface area (Å²) in [6.45, 7) is 1.65. The van der Waals surface area contributed by atoms with Crippen molar-refractivity contribution in [1.82, 2.24) is 0 Å². The van der Waals surface area contributed by atoms with Gasteiger partial charge in [-0.25, -0.2) is 0 Å².